The average molecular weight is 200 g/mol. The summed E-state index contributed by atoms with van der Waals surface area (Å²) >= 11 is 0. The van der Waals surface area contributed by atoms with Crippen LogP contribution in [0.4, 0.5) is 0 Å². The molecule has 6 heteroatoms. The molecule has 14 heavy (non-hydrogen) atoms. The molecule has 2 heterocycles. The molecule has 3 aliphatic rings. The number of ether oxygens (including phenoxy) is 2. The molecule has 6 unspecified atom stereocenters. The standard InChI is InChI=1S/C8H8O6/c9-7(10)1-2(8(11)12)4-6(14-4)5-3(1)13-5/h1-6H,(H,9,10)(H,11,12). The minimum Gasteiger partial charge on any atom is -0.481 e. The summed E-state index contributed by atoms with van der Waals surface area (Å²) in [5.74, 6) is -4.14. The van der Waals surface area contributed by atoms with Crippen molar-refractivity contribution >= 4 is 11.9 Å². The van der Waals surface area contributed by atoms with E-state index in [0.29, 0.717) is 0 Å². The second kappa shape index (κ2) is 2.26. The molecule has 0 spiro atoms. The first-order valence-electron chi connectivity index (χ1n) is 4.38. The molecule has 1 saturated carbocycles. The highest BCUT2D eigenvalue weighted by Crippen LogP contribution is 2.53. The minimum absolute atomic E-state index is 0.184. The summed E-state index contributed by atoms with van der Waals surface area (Å²) in [5, 5.41) is 17.8. The fourth-order valence-corrected chi connectivity index (χ4v) is 2.38. The third kappa shape index (κ3) is 0.869. The van der Waals surface area contributed by atoms with Crippen LogP contribution in [0.2, 0.25) is 0 Å². The van der Waals surface area contributed by atoms with Crippen molar-refractivity contribution in [2.45, 2.75) is 24.4 Å². The van der Waals surface area contributed by atoms with Crippen LogP contribution in [0.1, 0.15) is 0 Å². The van der Waals surface area contributed by atoms with Gasteiger partial charge in [-0.3, -0.25) is 9.59 Å². The quantitative estimate of drug-likeness (QED) is 0.551. The van der Waals surface area contributed by atoms with E-state index < -0.39 is 36.0 Å². The molecule has 0 amide bonds. The van der Waals surface area contributed by atoms with E-state index in [-0.39, 0.29) is 12.2 Å². The van der Waals surface area contributed by atoms with Crippen molar-refractivity contribution in [3.05, 3.63) is 0 Å². The van der Waals surface area contributed by atoms with Gasteiger partial charge in [0.05, 0.1) is 0 Å². The summed E-state index contributed by atoms with van der Waals surface area (Å²) in [5.41, 5.74) is 0. The molecule has 2 aliphatic heterocycles. The zero-order valence-corrected chi connectivity index (χ0v) is 6.99. The van der Waals surface area contributed by atoms with Crippen LogP contribution in [-0.4, -0.2) is 46.6 Å². The van der Waals surface area contributed by atoms with Crippen molar-refractivity contribution < 1.29 is 29.3 Å². The van der Waals surface area contributed by atoms with Crippen molar-refractivity contribution in [2.24, 2.45) is 11.8 Å². The third-order valence-electron chi connectivity index (χ3n) is 3.11. The summed E-state index contributed by atoms with van der Waals surface area (Å²) in [7, 11) is 0. The number of hydrogen-bond acceptors (Lipinski definition) is 4. The second-order valence-corrected chi connectivity index (χ2v) is 3.86. The highest BCUT2D eigenvalue weighted by Gasteiger charge is 2.72. The van der Waals surface area contributed by atoms with Gasteiger partial charge in [-0.05, 0) is 0 Å². The minimum atomic E-state index is -1.11. The molecule has 2 saturated heterocycles. The van der Waals surface area contributed by atoms with Crippen molar-refractivity contribution in [2.75, 3.05) is 0 Å². The molecule has 1 aliphatic carbocycles. The third-order valence-corrected chi connectivity index (χ3v) is 3.11. The Hall–Kier alpha value is -1.14. The topological polar surface area (TPSA) is 99.7 Å². The lowest BCUT2D eigenvalue weighted by Crippen LogP contribution is -2.42. The highest BCUT2D eigenvalue weighted by molar-refractivity contribution is 5.82. The summed E-state index contributed by atoms with van der Waals surface area (Å²) in [4.78, 5) is 21.7. The van der Waals surface area contributed by atoms with Gasteiger partial charge in [0.1, 0.15) is 36.3 Å². The molecule has 3 rings (SSSR count). The van der Waals surface area contributed by atoms with E-state index in [2.05, 4.69) is 0 Å². The van der Waals surface area contributed by atoms with Crippen molar-refractivity contribution in [1.82, 2.24) is 0 Å². The Bertz CT molecular complexity index is 294. The van der Waals surface area contributed by atoms with Gasteiger partial charge >= 0.3 is 11.9 Å². The number of carboxylic acids is 2. The maximum atomic E-state index is 10.9. The summed E-state index contributed by atoms with van der Waals surface area (Å²) in [6, 6.07) is 0. The van der Waals surface area contributed by atoms with Crippen molar-refractivity contribution in [1.29, 1.82) is 0 Å². The molecule has 2 N–H and O–H groups in total. The Kier molecular flexibility index (Phi) is 1.32. The van der Waals surface area contributed by atoms with Gasteiger partial charge < -0.3 is 19.7 Å². The molecule has 0 aromatic rings. The number of epoxide rings is 2. The molecule has 6 nitrogen and oxygen atoms in total. The molecule has 0 aromatic heterocycles. The summed E-state index contributed by atoms with van der Waals surface area (Å²) < 4.78 is 10.2. The van der Waals surface area contributed by atoms with Crippen LogP contribution in [-0.2, 0) is 19.1 Å². The van der Waals surface area contributed by atoms with Crippen LogP contribution in [0.3, 0.4) is 0 Å². The van der Waals surface area contributed by atoms with Gasteiger partial charge in [0.2, 0.25) is 0 Å². The summed E-state index contributed by atoms with van der Waals surface area (Å²) in [6.45, 7) is 0. The van der Waals surface area contributed by atoms with E-state index in [1.807, 2.05) is 0 Å². The zero-order valence-electron chi connectivity index (χ0n) is 6.99. The number of rotatable bonds is 2. The van der Waals surface area contributed by atoms with E-state index in [4.69, 9.17) is 19.7 Å². The number of carboxylic acid groups (broad SMARTS) is 2. The Labute approximate surface area is 78.4 Å². The molecular weight excluding hydrogens is 192 g/mol. The van der Waals surface area contributed by atoms with Gasteiger partial charge in [-0.25, -0.2) is 0 Å². The van der Waals surface area contributed by atoms with E-state index in [0.717, 1.165) is 0 Å². The van der Waals surface area contributed by atoms with Crippen molar-refractivity contribution in [3.8, 4) is 0 Å². The Balaban J connectivity index is 1.92. The van der Waals surface area contributed by atoms with Crippen LogP contribution >= 0.6 is 0 Å². The Morgan fingerprint density at radius 2 is 1.14 bits per heavy atom. The van der Waals surface area contributed by atoms with Gasteiger partial charge in [0.15, 0.2) is 0 Å². The largest absolute Gasteiger partial charge is 0.481 e. The maximum Gasteiger partial charge on any atom is 0.310 e. The van der Waals surface area contributed by atoms with E-state index >= 15 is 0 Å². The summed E-state index contributed by atoms with van der Waals surface area (Å²) in [6.07, 6.45) is -1.29. The van der Waals surface area contributed by atoms with E-state index in [1.54, 1.807) is 0 Å². The van der Waals surface area contributed by atoms with Crippen LogP contribution in [0.5, 0.6) is 0 Å². The first-order valence-corrected chi connectivity index (χ1v) is 4.38. The molecule has 3 fully saturated rings. The van der Waals surface area contributed by atoms with Gasteiger partial charge in [0, 0.05) is 0 Å². The van der Waals surface area contributed by atoms with Gasteiger partial charge in [-0.15, -0.1) is 0 Å². The SMILES string of the molecule is O=C(O)C1C2OC2C2OC2C1C(=O)O. The van der Waals surface area contributed by atoms with Gasteiger partial charge in [0.25, 0.3) is 0 Å². The predicted octanol–water partition coefficient (Wildman–Crippen LogP) is -1.06. The van der Waals surface area contributed by atoms with Gasteiger partial charge in [-0.1, -0.05) is 0 Å². The van der Waals surface area contributed by atoms with Crippen LogP contribution in [0.25, 0.3) is 0 Å². The first-order chi connectivity index (χ1) is 6.61. The maximum absolute atomic E-state index is 10.9. The van der Waals surface area contributed by atoms with Crippen LogP contribution in [0, 0.1) is 11.8 Å². The first kappa shape index (κ1) is 8.19. The average Bonchev–Trinajstić information content (AvgIpc) is 2.93. The molecular formula is C8H8O6. The molecule has 76 valence electrons. The van der Waals surface area contributed by atoms with Crippen molar-refractivity contribution in [3.63, 3.8) is 0 Å². The molecule has 0 aromatic carbocycles. The smallest absolute Gasteiger partial charge is 0.310 e. The molecule has 0 radical (unpaired) electrons. The number of aliphatic carboxylic acids is 2. The number of hydrogen-bond donors (Lipinski definition) is 2. The lowest BCUT2D eigenvalue weighted by molar-refractivity contribution is -0.155. The van der Waals surface area contributed by atoms with Crippen LogP contribution in [0.15, 0.2) is 0 Å². The normalized spacial score (nSPS) is 52.9. The number of fused-ring (bicyclic) bond motifs is 3. The van der Waals surface area contributed by atoms with Gasteiger partial charge in [-0.2, -0.15) is 0 Å². The predicted molar refractivity (Wildman–Crippen MR) is 39.6 cm³/mol. The lowest BCUT2D eigenvalue weighted by atomic mass is 9.79. The van der Waals surface area contributed by atoms with E-state index in [1.165, 1.54) is 0 Å². The fraction of sp³-hybridized carbons (Fsp3) is 0.750. The monoisotopic (exact) mass is 200 g/mol. The Morgan fingerprint density at radius 1 is 0.786 bits per heavy atom. The zero-order chi connectivity index (χ0) is 10.0. The second-order valence-electron chi connectivity index (χ2n) is 3.86. The number of carbonyl (C=O) groups is 2. The molecule has 6 atom stereocenters. The van der Waals surface area contributed by atoms with E-state index in [9.17, 15) is 9.59 Å². The Morgan fingerprint density at radius 3 is 1.43 bits per heavy atom. The highest BCUT2D eigenvalue weighted by atomic mass is 16.7. The van der Waals surface area contributed by atoms with Crippen LogP contribution < -0.4 is 0 Å². The lowest BCUT2D eigenvalue weighted by Gasteiger charge is -2.18. The molecule has 0 bridgehead atoms. The fourth-order valence-electron chi connectivity index (χ4n) is 2.38.